The molecule has 29 heavy (non-hydrogen) atoms. The van der Waals surface area contributed by atoms with Gasteiger partial charge >= 0.3 is 0 Å². The molecule has 1 N–H and O–H groups in total. The van der Waals surface area contributed by atoms with Crippen molar-refractivity contribution in [2.45, 2.75) is 26.7 Å². The Kier molecular flexibility index (Phi) is 4.90. The van der Waals surface area contributed by atoms with Crippen molar-refractivity contribution in [2.24, 2.45) is 0 Å². The minimum absolute atomic E-state index is 0.151. The Labute approximate surface area is 167 Å². The maximum Gasteiger partial charge on any atom is 0.275 e. The summed E-state index contributed by atoms with van der Waals surface area (Å²) in [6.07, 6.45) is 4.82. The van der Waals surface area contributed by atoms with Crippen LogP contribution in [0.4, 0.5) is 5.69 Å². The first-order chi connectivity index (χ1) is 14.0. The minimum Gasteiger partial charge on any atom is -0.334 e. The van der Waals surface area contributed by atoms with Crippen LogP contribution in [0.2, 0.25) is 0 Å². The Morgan fingerprint density at radius 3 is 2.79 bits per heavy atom. The summed E-state index contributed by atoms with van der Waals surface area (Å²) < 4.78 is 7.07. The first-order valence-electron chi connectivity index (χ1n) is 9.22. The van der Waals surface area contributed by atoms with E-state index in [1.54, 1.807) is 23.0 Å². The van der Waals surface area contributed by atoms with E-state index in [1.807, 2.05) is 51.1 Å². The van der Waals surface area contributed by atoms with Gasteiger partial charge in [-0.25, -0.2) is 9.97 Å². The van der Waals surface area contributed by atoms with Crippen molar-refractivity contribution in [2.75, 3.05) is 5.32 Å². The molecule has 4 rings (SSSR count). The molecule has 3 heterocycles. The zero-order valence-corrected chi connectivity index (χ0v) is 16.3. The van der Waals surface area contributed by atoms with Gasteiger partial charge in [0.05, 0.1) is 5.56 Å². The number of nitrogens with one attached hydrogen (secondary N) is 1. The molecule has 0 unspecified atom stereocenters. The lowest BCUT2D eigenvalue weighted by molar-refractivity contribution is 0.102. The van der Waals surface area contributed by atoms with Crippen LogP contribution in [0.1, 0.15) is 41.6 Å². The van der Waals surface area contributed by atoms with Crippen LogP contribution in [0.3, 0.4) is 0 Å². The fraction of sp³-hybridized carbons (Fsp3) is 0.190. The van der Waals surface area contributed by atoms with Crippen LogP contribution < -0.4 is 5.32 Å². The number of imidazole rings is 1. The third-order valence-electron chi connectivity index (χ3n) is 4.31. The molecule has 8 heteroatoms. The summed E-state index contributed by atoms with van der Waals surface area (Å²) in [6, 6.07) is 11.2. The molecule has 0 aliphatic heterocycles. The summed E-state index contributed by atoms with van der Waals surface area (Å²) in [5.74, 6) is 1.40. The van der Waals surface area contributed by atoms with E-state index < -0.39 is 0 Å². The fourth-order valence-electron chi connectivity index (χ4n) is 2.82. The van der Waals surface area contributed by atoms with E-state index >= 15 is 0 Å². The summed E-state index contributed by atoms with van der Waals surface area (Å²) in [4.78, 5) is 25.6. The number of amides is 1. The van der Waals surface area contributed by atoms with Gasteiger partial charge in [0.1, 0.15) is 12.0 Å². The molecule has 0 bridgehead atoms. The van der Waals surface area contributed by atoms with E-state index in [2.05, 4.69) is 25.4 Å². The van der Waals surface area contributed by atoms with E-state index in [9.17, 15) is 4.79 Å². The highest BCUT2D eigenvalue weighted by Gasteiger charge is 2.18. The summed E-state index contributed by atoms with van der Waals surface area (Å²) in [5, 5.41) is 6.86. The highest BCUT2D eigenvalue weighted by Crippen LogP contribution is 2.25. The highest BCUT2D eigenvalue weighted by molar-refractivity contribution is 6.02. The van der Waals surface area contributed by atoms with Crippen LogP contribution in [0.5, 0.6) is 0 Å². The molecule has 0 fully saturated rings. The Morgan fingerprint density at radius 2 is 2.03 bits per heavy atom. The van der Waals surface area contributed by atoms with E-state index in [0.29, 0.717) is 23.1 Å². The number of hydrogen-bond acceptors (Lipinski definition) is 6. The van der Waals surface area contributed by atoms with Crippen LogP contribution in [-0.4, -0.2) is 30.6 Å². The molecule has 3 aromatic heterocycles. The molecule has 0 atom stereocenters. The quantitative estimate of drug-likeness (QED) is 0.555. The molecule has 0 aliphatic carbocycles. The van der Waals surface area contributed by atoms with Crippen LogP contribution >= 0.6 is 0 Å². The molecule has 0 radical (unpaired) electrons. The molecule has 0 saturated heterocycles. The first kappa shape index (κ1) is 18.5. The van der Waals surface area contributed by atoms with Crippen LogP contribution in [-0.2, 0) is 0 Å². The van der Waals surface area contributed by atoms with Gasteiger partial charge < -0.3 is 9.84 Å². The standard InChI is InChI=1S/C21H20N6O2/c1-13(2)18-25-21(29-26-18)16-8-5-9-22-19(16)27-11-17(23-12-27)20(28)24-15-7-4-6-14(3)10-15/h4-13H,1-3H3,(H,24,28). The predicted molar refractivity (Wildman–Crippen MR) is 108 cm³/mol. The van der Waals surface area contributed by atoms with Gasteiger partial charge in [-0.15, -0.1) is 0 Å². The Bertz CT molecular complexity index is 1160. The summed E-state index contributed by atoms with van der Waals surface area (Å²) in [7, 11) is 0. The van der Waals surface area contributed by atoms with E-state index in [1.165, 1.54) is 6.33 Å². The first-order valence-corrected chi connectivity index (χ1v) is 9.22. The number of benzene rings is 1. The lowest BCUT2D eigenvalue weighted by atomic mass is 10.2. The predicted octanol–water partition coefficient (Wildman–Crippen LogP) is 4.00. The molecule has 4 aromatic rings. The topological polar surface area (TPSA) is 98.7 Å². The highest BCUT2D eigenvalue weighted by atomic mass is 16.5. The average molecular weight is 388 g/mol. The third-order valence-corrected chi connectivity index (χ3v) is 4.31. The second kappa shape index (κ2) is 7.67. The van der Waals surface area contributed by atoms with Crippen molar-refractivity contribution in [3.63, 3.8) is 0 Å². The number of aromatic nitrogens is 5. The van der Waals surface area contributed by atoms with Crippen LogP contribution in [0.25, 0.3) is 17.3 Å². The lowest BCUT2D eigenvalue weighted by Crippen LogP contribution is -2.12. The maximum absolute atomic E-state index is 12.6. The average Bonchev–Trinajstić information content (AvgIpc) is 3.38. The lowest BCUT2D eigenvalue weighted by Gasteiger charge is -2.05. The molecule has 0 aliphatic rings. The molecule has 0 saturated carbocycles. The zero-order valence-electron chi connectivity index (χ0n) is 16.3. The van der Waals surface area contributed by atoms with Crippen LogP contribution in [0, 0.1) is 6.92 Å². The van der Waals surface area contributed by atoms with E-state index in [0.717, 1.165) is 11.3 Å². The summed E-state index contributed by atoms with van der Waals surface area (Å²) >= 11 is 0. The molecule has 1 amide bonds. The third kappa shape index (κ3) is 3.91. The van der Waals surface area contributed by atoms with Crippen molar-refractivity contribution in [3.05, 3.63) is 72.2 Å². The zero-order chi connectivity index (χ0) is 20.4. The van der Waals surface area contributed by atoms with Gasteiger partial charge in [-0.1, -0.05) is 31.1 Å². The largest absolute Gasteiger partial charge is 0.334 e. The maximum atomic E-state index is 12.6. The summed E-state index contributed by atoms with van der Waals surface area (Å²) in [6.45, 7) is 5.96. The Hall–Kier alpha value is -3.81. The minimum atomic E-state index is -0.299. The number of carbonyl (C=O) groups is 1. The smallest absolute Gasteiger partial charge is 0.275 e. The van der Waals surface area contributed by atoms with Gasteiger partial charge in [-0.05, 0) is 36.8 Å². The molecular formula is C21H20N6O2. The monoisotopic (exact) mass is 388 g/mol. The van der Waals surface area contributed by atoms with Crippen LogP contribution in [0.15, 0.2) is 59.6 Å². The molecule has 8 nitrogen and oxygen atoms in total. The second-order valence-electron chi connectivity index (χ2n) is 6.98. The molecule has 146 valence electrons. The Morgan fingerprint density at radius 1 is 1.17 bits per heavy atom. The number of carbonyl (C=O) groups excluding carboxylic acids is 1. The van der Waals surface area contributed by atoms with Crippen molar-refractivity contribution in [1.29, 1.82) is 0 Å². The normalized spacial score (nSPS) is 11.0. The van der Waals surface area contributed by atoms with Crippen molar-refractivity contribution in [3.8, 4) is 17.3 Å². The van der Waals surface area contributed by atoms with Gasteiger partial charge in [0.15, 0.2) is 11.6 Å². The number of aryl methyl sites for hydroxylation is 1. The number of nitrogens with zero attached hydrogens (tertiary/aromatic N) is 5. The van der Waals surface area contributed by atoms with Gasteiger partial charge in [-0.2, -0.15) is 4.98 Å². The fourth-order valence-corrected chi connectivity index (χ4v) is 2.82. The number of pyridine rings is 1. The number of anilines is 1. The Balaban J connectivity index is 1.62. The van der Waals surface area contributed by atoms with Gasteiger partial charge in [0.2, 0.25) is 0 Å². The van der Waals surface area contributed by atoms with Crippen molar-refractivity contribution < 1.29 is 9.32 Å². The van der Waals surface area contributed by atoms with Crippen molar-refractivity contribution >= 4 is 11.6 Å². The SMILES string of the molecule is Cc1cccc(NC(=O)c2cn(-c3ncccc3-c3nc(C(C)C)no3)cn2)c1. The molecule has 0 spiro atoms. The number of hydrogen-bond donors (Lipinski definition) is 1. The summed E-state index contributed by atoms with van der Waals surface area (Å²) in [5.41, 5.74) is 2.72. The van der Waals surface area contributed by atoms with E-state index in [-0.39, 0.29) is 17.5 Å². The van der Waals surface area contributed by atoms with Gasteiger partial charge in [0, 0.05) is 24.0 Å². The second-order valence-corrected chi connectivity index (χ2v) is 6.98. The van der Waals surface area contributed by atoms with Gasteiger partial charge in [0.25, 0.3) is 11.8 Å². The molecule has 1 aromatic carbocycles. The van der Waals surface area contributed by atoms with Gasteiger partial charge in [-0.3, -0.25) is 9.36 Å². The number of rotatable bonds is 5. The molecular weight excluding hydrogens is 368 g/mol. The van der Waals surface area contributed by atoms with Crippen molar-refractivity contribution in [1.82, 2.24) is 24.7 Å². The van der Waals surface area contributed by atoms with E-state index in [4.69, 9.17) is 4.52 Å².